The predicted octanol–water partition coefficient (Wildman–Crippen LogP) is 1.94. The molecule has 0 bridgehead atoms. The van der Waals surface area contributed by atoms with E-state index in [9.17, 15) is 21.2 Å². The van der Waals surface area contributed by atoms with Crippen LogP contribution in [0.5, 0.6) is 0 Å². The number of hydrogen-bond acceptors (Lipinski definition) is 5. The molecule has 1 heterocycles. The third kappa shape index (κ3) is 3.10. The van der Waals surface area contributed by atoms with Gasteiger partial charge in [0.15, 0.2) is 9.84 Å². The van der Waals surface area contributed by atoms with Gasteiger partial charge in [0.2, 0.25) is 0 Å². The van der Waals surface area contributed by atoms with Crippen molar-refractivity contribution in [3.8, 4) is 0 Å². The molecule has 0 amide bonds. The highest BCUT2D eigenvalue weighted by Gasteiger charge is 2.24. The van der Waals surface area contributed by atoms with Gasteiger partial charge in [-0.3, -0.25) is 0 Å². The van der Waals surface area contributed by atoms with Crippen molar-refractivity contribution in [3.63, 3.8) is 0 Å². The number of benzene rings is 2. The van der Waals surface area contributed by atoms with Crippen LogP contribution in [-0.2, 0) is 25.6 Å². The first-order valence-corrected chi connectivity index (χ1v) is 9.54. The molecule has 0 fully saturated rings. The van der Waals surface area contributed by atoms with Crippen molar-refractivity contribution < 1.29 is 21.2 Å². The summed E-state index contributed by atoms with van der Waals surface area (Å²) in [5, 5.41) is 2.65. The van der Waals surface area contributed by atoms with Crippen LogP contribution >= 0.6 is 0 Å². The summed E-state index contributed by atoms with van der Waals surface area (Å²) in [4.78, 5) is -0.330. The number of rotatable bonds is 3. The summed E-state index contributed by atoms with van der Waals surface area (Å²) < 4.78 is 64.8. The zero-order valence-electron chi connectivity index (χ0n) is 11.6. The molecule has 0 aromatic heterocycles. The van der Waals surface area contributed by atoms with E-state index in [4.69, 9.17) is 0 Å². The molecule has 2 aromatic carbocycles. The number of nitrogens with one attached hydrogen (secondary N) is 1. The second kappa shape index (κ2) is 5.43. The Morgan fingerprint density at radius 3 is 2.48 bits per heavy atom. The second-order valence-electron chi connectivity index (χ2n) is 4.90. The lowest BCUT2D eigenvalue weighted by molar-refractivity contribution is 0.594. The number of sulfonamides is 1. The van der Waals surface area contributed by atoms with Gasteiger partial charge in [-0.25, -0.2) is 12.8 Å². The maximum Gasteiger partial charge on any atom is 0.285 e. The molecule has 0 spiro atoms. The van der Waals surface area contributed by atoms with Crippen LogP contribution < -0.4 is 5.32 Å². The van der Waals surface area contributed by atoms with E-state index < -0.39 is 25.7 Å². The highest BCUT2D eigenvalue weighted by Crippen LogP contribution is 2.29. The molecule has 6 nitrogen and oxygen atoms in total. The van der Waals surface area contributed by atoms with Gasteiger partial charge in [0.05, 0.1) is 16.3 Å². The molecule has 0 radical (unpaired) electrons. The third-order valence-corrected chi connectivity index (χ3v) is 6.23. The van der Waals surface area contributed by atoms with Gasteiger partial charge in [0, 0.05) is 0 Å². The largest absolute Gasteiger partial charge is 0.345 e. The Kier molecular flexibility index (Phi) is 3.69. The van der Waals surface area contributed by atoms with E-state index in [-0.39, 0.29) is 21.2 Å². The second-order valence-corrected chi connectivity index (χ2v) is 8.49. The van der Waals surface area contributed by atoms with Crippen LogP contribution in [0.3, 0.4) is 0 Å². The predicted molar refractivity (Wildman–Crippen MR) is 83.0 cm³/mol. The maximum absolute atomic E-state index is 12.9. The maximum atomic E-state index is 12.9. The molecule has 1 N–H and O–H groups in total. The quantitative estimate of drug-likeness (QED) is 0.909. The summed E-state index contributed by atoms with van der Waals surface area (Å²) in [6.07, 6.45) is 1.03. The third-order valence-electron chi connectivity index (χ3n) is 3.27. The zero-order valence-corrected chi connectivity index (χ0v) is 13.2. The summed E-state index contributed by atoms with van der Waals surface area (Å²) in [5.41, 5.74) is 0.670. The minimum Gasteiger partial charge on any atom is -0.345 e. The first-order chi connectivity index (χ1) is 10.8. The van der Waals surface area contributed by atoms with Gasteiger partial charge in [-0.15, -0.1) is 4.40 Å². The summed E-state index contributed by atoms with van der Waals surface area (Å²) in [7, 11) is -7.69. The fourth-order valence-corrected chi connectivity index (χ4v) is 4.57. The fraction of sp³-hybridized carbons (Fsp3) is 0.0714. The molecule has 120 valence electrons. The Morgan fingerprint density at radius 2 is 1.78 bits per heavy atom. The lowest BCUT2D eigenvalue weighted by Crippen LogP contribution is -2.13. The summed E-state index contributed by atoms with van der Waals surface area (Å²) in [5.74, 6) is -0.821. The van der Waals surface area contributed by atoms with Crippen LogP contribution in [-0.4, -0.2) is 23.2 Å². The number of halogens is 1. The van der Waals surface area contributed by atoms with Crippen molar-refractivity contribution in [1.29, 1.82) is 0 Å². The van der Waals surface area contributed by atoms with Gasteiger partial charge in [-0.1, -0.05) is 12.1 Å². The van der Waals surface area contributed by atoms with Crippen molar-refractivity contribution in [1.82, 2.24) is 0 Å². The summed E-state index contributed by atoms with van der Waals surface area (Å²) >= 11 is 0. The summed E-state index contributed by atoms with van der Waals surface area (Å²) in [6, 6.07) is 8.84. The highest BCUT2D eigenvalue weighted by molar-refractivity contribution is 7.91. The van der Waals surface area contributed by atoms with E-state index in [0.717, 1.165) is 12.4 Å². The monoisotopic (exact) mass is 354 g/mol. The summed E-state index contributed by atoms with van der Waals surface area (Å²) in [6.45, 7) is 0. The van der Waals surface area contributed by atoms with Gasteiger partial charge in [-0.2, -0.15) is 8.42 Å². The number of hydrogen-bond donors (Lipinski definition) is 1. The number of nitrogens with zero attached hydrogens (tertiary/aromatic N) is 1. The molecule has 0 aliphatic carbocycles. The zero-order chi connectivity index (χ0) is 16.7. The molecule has 1 aliphatic heterocycles. The average Bonchev–Trinajstić information content (AvgIpc) is 2.49. The smallest absolute Gasteiger partial charge is 0.285 e. The lowest BCUT2D eigenvalue weighted by Gasteiger charge is -2.13. The van der Waals surface area contributed by atoms with Crippen molar-refractivity contribution in [2.75, 3.05) is 5.32 Å². The lowest BCUT2D eigenvalue weighted by atomic mass is 10.2. The van der Waals surface area contributed by atoms with Gasteiger partial charge >= 0.3 is 0 Å². The van der Waals surface area contributed by atoms with Crippen molar-refractivity contribution in [2.24, 2.45) is 4.40 Å². The van der Waals surface area contributed by atoms with Crippen LogP contribution in [0.1, 0.15) is 5.56 Å². The first-order valence-electron chi connectivity index (χ1n) is 6.44. The van der Waals surface area contributed by atoms with Gasteiger partial charge in [-0.05, 0) is 35.9 Å². The van der Waals surface area contributed by atoms with Gasteiger partial charge in [0.1, 0.15) is 17.1 Å². The Morgan fingerprint density at radius 1 is 1.09 bits per heavy atom. The van der Waals surface area contributed by atoms with Gasteiger partial charge < -0.3 is 5.32 Å². The molecule has 1 aliphatic rings. The standard InChI is InChI=1S/C14H11FN2O4S2/c15-11-3-1-10(2-4-11)8-22(18,19)12-5-6-13-14(7-12)23(20,21)17-9-16-13/h1-7,9H,8H2,(H,16,17). The molecule has 0 saturated heterocycles. The Bertz CT molecular complexity index is 998. The van der Waals surface area contributed by atoms with E-state index in [1.165, 1.54) is 36.4 Å². The van der Waals surface area contributed by atoms with E-state index >= 15 is 0 Å². The number of sulfone groups is 1. The molecule has 0 saturated carbocycles. The molecule has 0 unspecified atom stereocenters. The first kappa shape index (κ1) is 15.6. The molecular formula is C14H11FN2O4S2. The van der Waals surface area contributed by atoms with E-state index in [1.807, 2.05) is 0 Å². The van der Waals surface area contributed by atoms with Crippen molar-refractivity contribution in [2.45, 2.75) is 15.5 Å². The molecule has 2 aromatic rings. The van der Waals surface area contributed by atoms with Crippen LogP contribution in [0.25, 0.3) is 0 Å². The SMILES string of the molecule is O=S(=O)(Cc1ccc(F)cc1)c1ccc2c(c1)S(=O)(=O)N=CN2. The normalized spacial score (nSPS) is 15.7. The van der Waals surface area contributed by atoms with E-state index in [0.29, 0.717) is 5.56 Å². The average molecular weight is 354 g/mol. The topological polar surface area (TPSA) is 92.7 Å². The van der Waals surface area contributed by atoms with Crippen LogP contribution in [0.4, 0.5) is 10.1 Å². The van der Waals surface area contributed by atoms with E-state index in [1.54, 1.807) is 0 Å². The Labute approximate surface area is 132 Å². The minimum absolute atomic E-state index is 0.136. The van der Waals surface area contributed by atoms with Crippen LogP contribution in [0.15, 0.2) is 56.7 Å². The Hall–Kier alpha value is -2.26. The molecule has 9 heteroatoms. The number of fused-ring (bicyclic) bond motifs is 1. The molecule has 3 rings (SSSR count). The van der Waals surface area contributed by atoms with Crippen LogP contribution in [0, 0.1) is 5.82 Å². The fourth-order valence-electron chi connectivity index (χ4n) is 2.13. The minimum atomic E-state index is -3.91. The van der Waals surface area contributed by atoms with Crippen molar-refractivity contribution in [3.05, 3.63) is 53.8 Å². The molecular weight excluding hydrogens is 343 g/mol. The van der Waals surface area contributed by atoms with Crippen molar-refractivity contribution >= 4 is 31.9 Å². The van der Waals surface area contributed by atoms with E-state index in [2.05, 4.69) is 9.71 Å². The molecule has 23 heavy (non-hydrogen) atoms. The number of anilines is 1. The van der Waals surface area contributed by atoms with Gasteiger partial charge in [0.25, 0.3) is 10.0 Å². The highest BCUT2D eigenvalue weighted by atomic mass is 32.2. The van der Waals surface area contributed by atoms with Crippen LogP contribution in [0.2, 0.25) is 0 Å². The molecule has 0 atom stereocenters. The Balaban J connectivity index is 2.00.